The van der Waals surface area contributed by atoms with Gasteiger partial charge in [0.25, 0.3) is 0 Å². The molecule has 30 heavy (non-hydrogen) atoms. The first kappa shape index (κ1) is 22.1. The SMILES string of the molecule is C[C@@H](N[C@H]1CC[C@@H](c2ccc(OCC(=O)O)cc2)C1)c1cccc2ccccc12.Cl. The predicted octanol–water partition coefficient (Wildman–Crippen LogP) is 5.71. The summed E-state index contributed by atoms with van der Waals surface area (Å²) in [6, 6.07) is 23.8. The Morgan fingerprint density at radius 3 is 2.57 bits per heavy atom. The van der Waals surface area contributed by atoms with Crippen molar-refractivity contribution >= 4 is 29.1 Å². The summed E-state index contributed by atoms with van der Waals surface area (Å²) < 4.78 is 5.23. The monoisotopic (exact) mass is 425 g/mol. The van der Waals surface area contributed by atoms with Crippen LogP contribution in [-0.2, 0) is 4.79 Å². The predicted molar refractivity (Wildman–Crippen MR) is 123 cm³/mol. The van der Waals surface area contributed by atoms with Gasteiger partial charge < -0.3 is 15.2 Å². The lowest BCUT2D eigenvalue weighted by Gasteiger charge is -2.21. The third-order valence-corrected chi connectivity index (χ3v) is 5.92. The van der Waals surface area contributed by atoms with Gasteiger partial charge in [-0.2, -0.15) is 0 Å². The number of carbonyl (C=O) groups is 1. The van der Waals surface area contributed by atoms with Crippen molar-refractivity contribution in [1.82, 2.24) is 5.32 Å². The van der Waals surface area contributed by atoms with Crippen molar-refractivity contribution in [2.75, 3.05) is 6.61 Å². The number of hydrogen-bond donors (Lipinski definition) is 2. The standard InChI is InChI=1S/C25H27NO3.ClH/c1-17(23-8-4-6-19-5-2-3-7-24(19)23)26-21-12-9-20(15-21)18-10-13-22(14-11-18)29-16-25(27)28;/h2-8,10-11,13-14,17,20-21,26H,9,12,15-16H2,1H3,(H,27,28);1H/t17-,20-,21+;/m1./s1. The second-order valence-corrected chi connectivity index (χ2v) is 7.92. The molecule has 0 heterocycles. The van der Waals surface area contributed by atoms with Crippen molar-refractivity contribution in [1.29, 1.82) is 0 Å². The second-order valence-electron chi connectivity index (χ2n) is 7.92. The zero-order valence-corrected chi connectivity index (χ0v) is 17.9. The fourth-order valence-corrected chi connectivity index (χ4v) is 4.49. The molecule has 2 N–H and O–H groups in total. The van der Waals surface area contributed by atoms with E-state index in [1.807, 2.05) is 12.1 Å². The van der Waals surface area contributed by atoms with Crippen LogP contribution in [0, 0.1) is 0 Å². The molecule has 0 radical (unpaired) electrons. The normalized spacial score (nSPS) is 19.2. The lowest BCUT2D eigenvalue weighted by molar-refractivity contribution is -0.139. The lowest BCUT2D eigenvalue weighted by atomic mass is 9.96. The van der Waals surface area contributed by atoms with Gasteiger partial charge in [0, 0.05) is 12.1 Å². The van der Waals surface area contributed by atoms with E-state index < -0.39 is 5.97 Å². The topological polar surface area (TPSA) is 58.6 Å². The van der Waals surface area contributed by atoms with Crippen LogP contribution in [0.3, 0.4) is 0 Å². The van der Waals surface area contributed by atoms with Gasteiger partial charge in [0.2, 0.25) is 0 Å². The fourth-order valence-electron chi connectivity index (χ4n) is 4.49. The van der Waals surface area contributed by atoms with Gasteiger partial charge in [-0.3, -0.25) is 0 Å². The molecule has 1 aliphatic carbocycles. The Kier molecular flexibility index (Phi) is 7.35. The summed E-state index contributed by atoms with van der Waals surface area (Å²) in [5, 5.41) is 15.2. The highest BCUT2D eigenvalue weighted by Crippen LogP contribution is 2.36. The molecule has 158 valence electrons. The zero-order valence-electron chi connectivity index (χ0n) is 17.1. The largest absolute Gasteiger partial charge is 0.482 e. The first-order chi connectivity index (χ1) is 14.1. The van der Waals surface area contributed by atoms with Gasteiger partial charge in [0.15, 0.2) is 6.61 Å². The Hall–Kier alpha value is -2.56. The first-order valence-electron chi connectivity index (χ1n) is 10.3. The zero-order chi connectivity index (χ0) is 20.2. The van der Waals surface area contributed by atoms with E-state index in [9.17, 15) is 4.79 Å². The molecule has 1 saturated carbocycles. The summed E-state index contributed by atoms with van der Waals surface area (Å²) in [6.07, 6.45) is 3.44. The van der Waals surface area contributed by atoms with Crippen molar-refractivity contribution in [2.45, 2.75) is 44.2 Å². The van der Waals surface area contributed by atoms with Crippen LogP contribution in [0.5, 0.6) is 5.75 Å². The number of carboxylic acid groups (broad SMARTS) is 1. The van der Waals surface area contributed by atoms with Crippen LogP contribution in [0.2, 0.25) is 0 Å². The van der Waals surface area contributed by atoms with Gasteiger partial charge in [0.1, 0.15) is 5.75 Å². The third kappa shape index (κ3) is 5.13. The van der Waals surface area contributed by atoms with Crippen LogP contribution in [0.4, 0.5) is 0 Å². The highest BCUT2D eigenvalue weighted by molar-refractivity contribution is 5.86. The molecule has 4 nitrogen and oxygen atoms in total. The number of carboxylic acids is 1. The Balaban J connectivity index is 0.00000256. The van der Waals surface area contributed by atoms with Crippen LogP contribution in [0.1, 0.15) is 49.3 Å². The summed E-state index contributed by atoms with van der Waals surface area (Å²) in [7, 11) is 0. The average Bonchev–Trinajstić information content (AvgIpc) is 3.20. The molecule has 1 fully saturated rings. The molecule has 1 aliphatic rings. The number of benzene rings is 3. The highest BCUT2D eigenvalue weighted by atomic mass is 35.5. The van der Waals surface area contributed by atoms with Gasteiger partial charge in [-0.15, -0.1) is 12.4 Å². The summed E-state index contributed by atoms with van der Waals surface area (Å²) in [5.41, 5.74) is 2.65. The number of rotatable bonds is 7. The molecular weight excluding hydrogens is 398 g/mol. The number of hydrogen-bond acceptors (Lipinski definition) is 3. The van der Waals surface area contributed by atoms with Crippen molar-refractivity contribution < 1.29 is 14.6 Å². The molecular formula is C25H28ClNO3. The Labute approximate surface area is 183 Å². The molecule has 0 amide bonds. The van der Waals surface area contributed by atoms with Gasteiger partial charge in [0.05, 0.1) is 0 Å². The maximum Gasteiger partial charge on any atom is 0.341 e. The summed E-state index contributed by atoms with van der Waals surface area (Å²) >= 11 is 0. The molecule has 0 aliphatic heterocycles. The molecule has 0 spiro atoms. The molecule has 3 atom stereocenters. The maximum absolute atomic E-state index is 10.6. The molecule has 3 aromatic rings. The molecule has 0 bridgehead atoms. The Morgan fingerprint density at radius 2 is 1.80 bits per heavy atom. The van der Waals surface area contributed by atoms with Crippen molar-refractivity contribution in [3.05, 3.63) is 77.9 Å². The van der Waals surface area contributed by atoms with E-state index in [-0.39, 0.29) is 19.0 Å². The molecule has 0 saturated heterocycles. The van der Waals surface area contributed by atoms with Gasteiger partial charge >= 0.3 is 5.97 Å². The minimum atomic E-state index is -0.959. The number of ether oxygens (including phenoxy) is 1. The second kappa shape index (κ2) is 9.96. The lowest BCUT2D eigenvalue weighted by Crippen LogP contribution is -2.29. The summed E-state index contributed by atoms with van der Waals surface area (Å²) in [5.74, 6) is 0.174. The number of halogens is 1. The van der Waals surface area contributed by atoms with Crippen LogP contribution in [0.25, 0.3) is 10.8 Å². The fraction of sp³-hybridized carbons (Fsp3) is 0.320. The van der Waals surface area contributed by atoms with Gasteiger partial charge in [-0.05, 0) is 66.1 Å². The molecule has 4 rings (SSSR count). The van der Waals surface area contributed by atoms with Crippen molar-refractivity contribution in [2.24, 2.45) is 0 Å². The quantitative estimate of drug-likeness (QED) is 0.508. The van der Waals surface area contributed by atoms with Crippen LogP contribution in [-0.4, -0.2) is 23.7 Å². The van der Waals surface area contributed by atoms with E-state index in [0.717, 1.165) is 19.3 Å². The van der Waals surface area contributed by atoms with E-state index in [1.54, 1.807) is 0 Å². The van der Waals surface area contributed by atoms with Crippen LogP contribution >= 0.6 is 12.4 Å². The maximum atomic E-state index is 10.6. The van der Waals surface area contributed by atoms with Gasteiger partial charge in [-0.1, -0.05) is 54.6 Å². The minimum Gasteiger partial charge on any atom is -0.482 e. The molecule has 3 aromatic carbocycles. The van der Waals surface area contributed by atoms with E-state index >= 15 is 0 Å². The van der Waals surface area contributed by atoms with E-state index in [1.165, 1.54) is 21.9 Å². The third-order valence-electron chi connectivity index (χ3n) is 5.92. The van der Waals surface area contributed by atoms with Gasteiger partial charge in [-0.25, -0.2) is 4.79 Å². The van der Waals surface area contributed by atoms with E-state index in [4.69, 9.17) is 9.84 Å². The smallest absolute Gasteiger partial charge is 0.341 e. The Morgan fingerprint density at radius 1 is 1.07 bits per heavy atom. The molecule has 0 unspecified atom stereocenters. The van der Waals surface area contributed by atoms with Crippen LogP contribution in [0.15, 0.2) is 66.7 Å². The van der Waals surface area contributed by atoms with Crippen molar-refractivity contribution in [3.8, 4) is 5.75 Å². The summed E-state index contributed by atoms with van der Waals surface area (Å²) in [4.78, 5) is 10.6. The molecule has 5 heteroatoms. The molecule has 0 aromatic heterocycles. The van der Waals surface area contributed by atoms with E-state index in [0.29, 0.717) is 23.8 Å². The highest BCUT2D eigenvalue weighted by Gasteiger charge is 2.27. The van der Waals surface area contributed by atoms with Crippen LogP contribution < -0.4 is 10.1 Å². The van der Waals surface area contributed by atoms with E-state index in [2.05, 4.69) is 66.8 Å². The average molecular weight is 426 g/mol. The number of nitrogens with one attached hydrogen (secondary N) is 1. The minimum absolute atomic E-state index is 0. The number of fused-ring (bicyclic) bond motifs is 1. The number of aliphatic carboxylic acids is 1. The summed E-state index contributed by atoms with van der Waals surface area (Å²) in [6.45, 7) is 1.95. The Bertz CT molecular complexity index is 984. The van der Waals surface area contributed by atoms with Crippen molar-refractivity contribution in [3.63, 3.8) is 0 Å². The first-order valence-corrected chi connectivity index (χ1v) is 10.3.